The van der Waals surface area contributed by atoms with Crippen LogP contribution >= 0.6 is 0 Å². The van der Waals surface area contributed by atoms with Gasteiger partial charge < -0.3 is 9.64 Å². The first kappa shape index (κ1) is 23.3. The van der Waals surface area contributed by atoms with Crippen LogP contribution in [0.25, 0.3) is 5.57 Å². The lowest BCUT2D eigenvalue weighted by atomic mass is 9.79. The van der Waals surface area contributed by atoms with E-state index in [1.165, 1.54) is 10.5 Å². The molecule has 0 aromatic heterocycles. The zero-order valence-electron chi connectivity index (χ0n) is 19.3. The van der Waals surface area contributed by atoms with Gasteiger partial charge >= 0.3 is 6.09 Å². The summed E-state index contributed by atoms with van der Waals surface area (Å²) in [7, 11) is 0. The van der Waals surface area contributed by atoms with Crippen molar-refractivity contribution in [3.8, 4) is 0 Å². The summed E-state index contributed by atoms with van der Waals surface area (Å²) >= 11 is 0. The van der Waals surface area contributed by atoms with Crippen molar-refractivity contribution >= 4 is 23.5 Å². The second-order valence-electron chi connectivity index (χ2n) is 9.96. The fourth-order valence-corrected chi connectivity index (χ4v) is 4.95. The fraction of sp³-hybridized carbons (Fsp3) is 0.560. The number of hydrogen-bond acceptors (Lipinski definition) is 5. The number of likely N-dealkylation sites (tertiary alicyclic amines) is 1. The van der Waals surface area contributed by atoms with Crippen LogP contribution in [0, 0.1) is 17.3 Å². The first-order chi connectivity index (χ1) is 15.8. The van der Waals surface area contributed by atoms with Crippen molar-refractivity contribution in [1.29, 1.82) is 0 Å². The van der Waals surface area contributed by atoms with Crippen LogP contribution < -0.4 is 5.48 Å². The Morgan fingerprint density at radius 2 is 1.94 bits per heavy atom. The molecule has 2 atom stereocenters. The van der Waals surface area contributed by atoms with Crippen molar-refractivity contribution in [3.63, 3.8) is 0 Å². The van der Waals surface area contributed by atoms with Crippen LogP contribution in [0.4, 0.5) is 4.79 Å². The molecule has 0 radical (unpaired) electrons. The molecule has 2 unspecified atom stereocenters. The van der Waals surface area contributed by atoms with Gasteiger partial charge in [0, 0.05) is 19.6 Å². The van der Waals surface area contributed by atoms with Crippen LogP contribution in [0.2, 0.25) is 0 Å². The maximum absolute atomic E-state index is 13.7. The Morgan fingerprint density at radius 3 is 2.52 bits per heavy atom. The number of amides is 3. The van der Waals surface area contributed by atoms with Crippen molar-refractivity contribution in [3.05, 3.63) is 42.0 Å². The summed E-state index contributed by atoms with van der Waals surface area (Å²) < 4.78 is 5.48. The second kappa shape index (κ2) is 9.55. The Morgan fingerprint density at radius 1 is 1.21 bits per heavy atom. The van der Waals surface area contributed by atoms with Gasteiger partial charge in [-0.1, -0.05) is 50.3 Å². The molecule has 2 fully saturated rings. The SMILES string of the molecule is CC(C)COC(=O)N1CC2(CC2)CC(C(=O)NO)C1C(=O)N1CC=C(c2ccccc2)CC1. The predicted octanol–water partition coefficient (Wildman–Crippen LogP) is 3.07. The van der Waals surface area contributed by atoms with Crippen molar-refractivity contribution in [2.45, 2.75) is 45.6 Å². The number of carbonyl (C=O) groups excluding carboxylic acids is 3. The Bertz CT molecular complexity index is 925. The first-order valence-corrected chi connectivity index (χ1v) is 11.7. The molecule has 1 aromatic rings. The number of nitrogens with zero attached hydrogens (tertiary/aromatic N) is 2. The summed E-state index contributed by atoms with van der Waals surface area (Å²) in [5, 5.41) is 9.38. The van der Waals surface area contributed by atoms with Gasteiger partial charge in [0.25, 0.3) is 0 Å². The molecular weight excluding hydrogens is 422 g/mol. The Hall–Kier alpha value is -2.87. The van der Waals surface area contributed by atoms with E-state index in [0.29, 0.717) is 32.5 Å². The lowest BCUT2D eigenvalue weighted by Gasteiger charge is -2.44. The van der Waals surface area contributed by atoms with Gasteiger partial charge in [-0.2, -0.15) is 0 Å². The van der Waals surface area contributed by atoms with Gasteiger partial charge in [-0.3, -0.25) is 19.7 Å². The first-order valence-electron chi connectivity index (χ1n) is 11.7. The molecule has 2 heterocycles. The van der Waals surface area contributed by atoms with Crippen LogP contribution in [0.5, 0.6) is 0 Å². The molecule has 4 rings (SSSR count). The van der Waals surface area contributed by atoms with E-state index in [0.717, 1.165) is 18.4 Å². The summed E-state index contributed by atoms with van der Waals surface area (Å²) in [5.74, 6) is -1.56. The highest BCUT2D eigenvalue weighted by atomic mass is 16.6. The van der Waals surface area contributed by atoms with E-state index in [1.807, 2.05) is 50.3 Å². The molecule has 3 aliphatic rings. The van der Waals surface area contributed by atoms with Gasteiger partial charge in [0.1, 0.15) is 6.04 Å². The minimum absolute atomic E-state index is 0.156. The number of ether oxygens (including phenoxy) is 1. The number of nitrogens with one attached hydrogen (secondary N) is 1. The monoisotopic (exact) mass is 455 g/mol. The van der Waals surface area contributed by atoms with Gasteiger partial charge in [0.05, 0.1) is 12.5 Å². The lowest BCUT2D eigenvalue weighted by Crippen LogP contribution is -2.62. The van der Waals surface area contributed by atoms with E-state index < -0.39 is 24.0 Å². The quantitative estimate of drug-likeness (QED) is 0.525. The third kappa shape index (κ3) is 5.05. The van der Waals surface area contributed by atoms with E-state index >= 15 is 0 Å². The lowest BCUT2D eigenvalue weighted by molar-refractivity contribution is -0.150. The Kier molecular flexibility index (Phi) is 6.74. The van der Waals surface area contributed by atoms with Crippen molar-refractivity contribution in [1.82, 2.24) is 15.3 Å². The summed E-state index contributed by atoms with van der Waals surface area (Å²) in [4.78, 5) is 42.5. The molecule has 3 amide bonds. The average molecular weight is 456 g/mol. The van der Waals surface area contributed by atoms with Gasteiger partial charge in [-0.15, -0.1) is 0 Å². The number of hydrogen-bond donors (Lipinski definition) is 2. The summed E-state index contributed by atoms with van der Waals surface area (Å²) in [6.07, 6.45) is 4.42. The molecule has 8 nitrogen and oxygen atoms in total. The van der Waals surface area contributed by atoms with E-state index in [1.54, 1.807) is 10.4 Å². The third-order valence-corrected chi connectivity index (χ3v) is 6.97. The van der Waals surface area contributed by atoms with Gasteiger partial charge in [0.15, 0.2) is 0 Å². The molecule has 1 aromatic carbocycles. The molecule has 1 saturated heterocycles. The Balaban J connectivity index is 1.56. The topological polar surface area (TPSA) is 99.2 Å². The number of benzene rings is 1. The van der Waals surface area contributed by atoms with Crippen molar-refractivity contribution < 1.29 is 24.3 Å². The highest BCUT2D eigenvalue weighted by Crippen LogP contribution is 2.55. The van der Waals surface area contributed by atoms with E-state index in [-0.39, 0.29) is 23.8 Å². The van der Waals surface area contributed by atoms with Crippen LogP contribution in [0.1, 0.15) is 45.1 Å². The van der Waals surface area contributed by atoms with Crippen molar-refractivity contribution in [2.24, 2.45) is 17.3 Å². The molecule has 1 spiro atoms. The standard InChI is InChI=1S/C25H33N3O5/c1-17(2)15-33-24(31)28-16-25(10-11-25)14-20(22(29)26-32)21(28)23(30)27-12-8-19(9-13-27)18-6-4-3-5-7-18/h3-8,17,20-21,32H,9-16H2,1-2H3,(H,26,29). The summed E-state index contributed by atoms with van der Waals surface area (Å²) in [5.41, 5.74) is 3.86. The van der Waals surface area contributed by atoms with Gasteiger partial charge in [-0.05, 0) is 48.2 Å². The van der Waals surface area contributed by atoms with E-state index in [9.17, 15) is 19.6 Å². The smallest absolute Gasteiger partial charge is 0.410 e. The van der Waals surface area contributed by atoms with Crippen LogP contribution in [0.3, 0.4) is 0 Å². The minimum atomic E-state index is -0.991. The Labute approximate surface area is 194 Å². The van der Waals surface area contributed by atoms with E-state index in [2.05, 4.69) is 0 Å². The number of carbonyl (C=O) groups is 3. The zero-order chi connectivity index (χ0) is 23.6. The number of hydroxylamine groups is 1. The van der Waals surface area contributed by atoms with E-state index in [4.69, 9.17) is 4.74 Å². The maximum Gasteiger partial charge on any atom is 0.410 e. The van der Waals surface area contributed by atoms with Crippen LogP contribution in [-0.4, -0.2) is 65.2 Å². The highest BCUT2D eigenvalue weighted by molar-refractivity contribution is 5.93. The second-order valence-corrected chi connectivity index (χ2v) is 9.96. The maximum atomic E-state index is 13.7. The van der Waals surface area contributed by atoms with Crippen LogP contribution in [-0.2, 0) is 14.3 Å². The minimum Gasteiger partial charge on any atom is -0.449 e. The molecule has 0 bridgehead atoms. The molecule has 2 N–H and O–H groups in total. The number of piperidine rings is 1. The largest absolute Gasteiger partial charge is 0.449 e. The molecule has 8 heteroatoms. The molecular formula is C25H33N3O5. The summed E-state index contributed by atoms with van der Waals surface area (Å²) in [6, 6.07) is 9.05. The summed E-state index contributed by atoms with van der Waals surface area (Å²) in [6.45, 7) is 5.44. The fourth-order valence-electron chi connectivity index (χ4n) is 4.95. The average Bonchev–Trinajstić information content (AvgIpc) is 3.59. The molecule has 1 aliphatic carbocycles. The zero-order valence-corrected chi connectivity index (χ0v) is 19.3. The van der Waals surface area contributed by atoms with Crippen LogP contribution in [0.15, 0.2) is 36.4 Å². The normalized spacial score (nSPS) is 23.8. The molecule has 33 heavy (non-hydrogen) atoms. The predicted molar refractivity (Wildman–Crippen MR) is 122 cm³/mol. The highest BCUT2D eigenvalue weighted by Gasteiger charge is 2.57. The number of rotatable bonds is 5. The third-order valence-electron chi connectivity index (χ3n) is 6.97. The van der Waals surface area contributed by atoms with Crippen molar-refractivity contribution in [2.75, 3.05) is 26.2 Å². The van der Waals surface area contributed by atoms with Gasteiger partial charge in [-0.25, -0.2) is 10.3 Å². The molecule has 178 valence electrons. The molecule has 2 aliphatic heterocycles. The van der Waals surface area contributed by atoms with Gasteiger partial charge in [0.2, 0.25) is 11.8 Å². The molecule has 1 saturated carbocycles.